The molecular formula is C22H21N7. The number of hydrogen-bond acceptors (Lipinski definition) is 5. The van der Waals surface area contributed by atoms with Crippen molar-refractivity contribution in [2.24, 2.45) is 0 Å². The number of H-pyrrole nitrogens is 2. The summed E-state index contributed by atoms with van der Waals surface area (Å²) in [4.78, 5) is 12.0. The van der Waals surface area contributed by atoms with Crippen LogP contribution in [-0.2, 0) is 13.0 Å². The maximum Gasteiger partial charge on any atom is 0.221 e. The van der Waals surface area contributed by atoms with E-state index < -0.39 is 0 Å². The van der Waals surface area contributed by atoms with Crippen LogP contribution < -0.4 is 11.1 Å². The highest BCUT2D eigenvalue weighted by Gasteiger charge is 2.09. The Hall–Kier alpha value is -3.87. The summed E-state index contributed by atoms with van der Waals surface area (Å²) in [5, 5.41) is 12.8. The van der Waals surface area contributed by atoms with E-state index in [1.165, 1.54) is 16.5 Å². The molecule has 0 spiro atoms. The molecule has 2 aromatic carbocycles. The van der Waals surface area contributed by atoms with Crippen LogP contribution in [0.3, 0.4) is 0 Å². The number of aryl methyl sites for hydroxylation is 1. The molecule has 5 aromatic rings. The number of aromatic amines is 2. The summed E-state index contributed by atoms with van der Waals surface area (Å²) >= 11 is 0. The Bertz CT molecular complexity index is 1320. The van der Waals surface area contributed by atoms with E-state index in [2.05, 4.69) is 73.8 Å². The molecule has 29 heavy (non-hydrogen) atoms. The Morgan fingerprint density at radius 3 is 2.72 bits per heavy atom. The van der Waals surface area contributed by atoms with Crippen molar-refractivity contribution in [2.45, 2.75) is 19.9 Å². The Morgan fingerprint density at radius 1 is 0.966 bits per heavy atom. The van der Waals surface area contributed by atoms with Gasteiger partial charge >= 0.3 is 0 Å². The smallest absolute Gasteiger partial charge is 0.221 e. The predicted molar refractivity (Wildman–Crippen MR) is 116 cm³/mol. The lowest BCUT2D eigenvalue weighted by Crippen LogP contribution is -2.08. The van der Waals surface area contributed by atoms with Crippen molar-refractivity contribution >= 4 is 33.6 Å². The number of nitrogens with one attached hydrogen (secondary N) is 3. The molecule has 7 nitrogen and oxygen atoms in total. The molecule has 7 heteroatoms. The predicted octanol–water partition coefficient (Wildman–Crippen LogP) is 3.93. The van der Waals surface area contributed by atoms with Crippen molar-refractivity contribution < 1.29 is 0 Å². The third kappa shape index (κ3) is 3.50. The van der Waals surface area contributed by atoms with Crippen LogP contribution in [0.5, 0.6) is 0 Å². The van der Waals surface area contributed by atoms with Gasteiger partial charge in [0.1, 0.15) is 5.82 Å². The molecule has 0 bridgehead atoms. The normalized spacial score (nSPS) is 11.3. The van der Waals surface area contributed by atoms with Crippen LogP contribution in [0, 0.1) is 6.92 Å². The molecule has 0 saturated carbocycles. The van der Waals surface area contributed by atoms with Gasteiger partial charge in [0, 0.05) is 41.3 Å². The fraction of sp³-hybridized carbons (Fsp3) is 0.136. The van der Waals surface area contributed by atoms with Gasteiger partial charge in [-0.2, -0.15) is 10.1 Å². The molecule has 5 rings (SSSR count). The fourth-order valence-corrected chi connectivity index (χ4v) is 3.65. The molecule has 0 aliphatic rings. The number of anilines is 2. The first kappa shape index (κ1) is 17.2. The van der Waals surface area contributed by atoms with Gasteiger partial charge in [-0.15, -0.1) is 0 Å². The van der Waals surface area contributed by atoms with Crippen molar-refractivity contribution in [3.05, 3.63) is 77.2 Å². The van der Waals surface area contributed by atoms with E-state index in [1.807, 2.05) is 12.3 Å². The second kappa shape index (κ2) is 6.94. The van der Waals surface area contributed by atoms with Crippen LogP contribution in [0.15, 0.2) is 54.9 Å². The lowest BCUT2D eigenvalue weighted by molar-refractivity contribution is 1.04. The van der Waals surface area contributed by atoms with Gasteiger partial charge in [0.05, 0.1) is 11.7 Å². The number of nitrogens with zero attached hydrogens (tertiary/aromatic N) is 3. The molecule has 0 atom stereocenters. The van der Waals surface area contributed by atoms with Gasteiger partial charge in [0.2, 0.25) is 5.95 Å². The molecule has 0 aliphatic carbocycles. The Morgan fingerprint density at radius 2 is 1.79 bits per heavy atom. The summed E-state index contributed by atoms with van der Waals surface area (Å²) in [5.74, 6) is 1.02. The van der Waals surface area contributed by atoms with Crippen molar-refractivity contribution in [3.8, 4) is 0 Å². The first-order valence-corrected chi connectivity index (χ1v) is 9.49. The van der Waals surface area contributed by atoms with Crippen molar-refractivity contribution in [1.82, 2.24) is 25.1 Å². The molecule has 0 radical (unpaired) electrons. The van der Waals surface area contributed by atoms with Crippen molar-refractivity contribution in [3.63, 3.8) is 0 Å². The molecule has 0 saturated heterocycles. The third-order valence-electron chi connectivity index (χ3n) is 5.06. The van der Waals surface area contributed by atoms with Crippen LogP contribution in [0.1, 0.15) is 22.4 Å². The Balaban J connectivity index is 1.39. The van der Waals surface area contributed by atoms with Gasteiger partial charge in [-0.05, 0) is 53.8 Å². The summed E-state index contributed by atoms with van der Waals surface area (Å²) in [6, 6.07) is 14.8. The Kier molecular flexibility index (Phi) is 4.13. The molecular weight excluding hydrogens is 362 g/mol. The zero-order valence-corrected chi connectivity index (χ0v) is 16.0. The lowest BCUT2D eigenvalue weighted by Gasteiger charge is -2.12. The highest BCUT2D eigenvalue weighted by molar-refractivity contribution is 5.81. The summed E-state index contributed by atoms with van der Waals surface area (Å²) in [6.45, 7) is 2.72. The molecule has 144 valence electrons. The fourth-order valence-electron chi connectivity index (χ4n) is 3.65. The number of benzene rings is 2. The number of fused-ring (bicyclic) bond motifs is 2. The van der Waals surface area contributed by atoms with Gasteiger partial charge in [0.25, 0.3) is 0 Å². The topological polar surface area (TPSA) is 108 Å². The second-order valence-corrected chi connectivity index (χ2v) is 7.30. The molecule has 0 unspecified atom stereocenters. The van der Waals surface area contributed by atoms with E-state index in [0.29, 0.717) is 13.0 Å². The van der Waals surface area contributed by atoms with Crippen molar-refractivity contribution in [2.75, 3.05) is 11.1 Å². The zero-order chi connectivity index (χ0) is 19.8. The maximum absolute atomic E-state index is 5.85. The number of aromatic nitrogens is 5. The van der Waals surface area contributed by atoms with Crippen LogP contribution in [0.2, 0.25) is 0 Å². The highest BCUT2D eigenvalue weighted by atomic mass is 15.1. The van der Waals surface area contributed by atoms with Gasteiger partial charge in [-0.3, -0.25) is 5.10 Å². The average Bonchev–Trinajstić information content (AvgIpc) is 3.32. The standard InChI is InChI=1S/C22H21N7/c1-13-6-16-9-15(3-4-19(16)27-13)10-24-21-18(11-25-22(23)28-21)8-14-2-5-20-17(7-14)12-26-29-20/h2-7,9,11-12,27H,8,10H2,1H3,(H,26,29)(H3,23,24,25,28). The molecule has 3 aromatic heterocycles. The highest BCUT2D eigenvalue weighted by Crippen LogP contribution is 2.22. The first-order chi connectivity index (χ1) is 14.1. The first-order valence-electron chi connectivity index (χ1n) is 9.49. The van der Waals surface area contributed by atoms with Gasteiger partial charge in [-0.1, -0.05) is 12.1 Å². The average molecular weight is 383 g/mol. The van der Waals surface area contributed by atoms with Crippen LogP contribution in [0.4, 0.5) is 11.8 Å². The molecule has 0 fully saturated rings. The van der Waals surface area contributed by atoms with E-state index in [4.69, 9.17) is 5.73 Å². The van der Waals surface area contributed by atoms with Crippen molar-refractivity contribution in [1.29, 1.82) is 0 Å². The van der Waals surface area contributed by atoms with Gasteiger partial charge < -0.3 is 16.0 Å². The largest absolute Gasteiger partial charge is 0.368 e. The second-order valence-electron chi connectivity index (χ2n) is 7.30. The summed E-state index contributed by atoms with van der Waals surface area (Å²) < 4.78 is 0. The van der Waals surface area contributed by atoms with E-state index in [9.17, 15) is 0 Å². The minimum absolute atomic E-state index is 0.262. The minimum atomic E-state index is 0.262. The SMILES string of the molecule is Cc1cc2cc(CNc3nc(N)ncc3Cc3ccc4[nH]ncc4c3)ccc2[nH]1. The third-order valence-corrected chi connectivity index (χ3v) is 5.06. The molecule has 5 N–H and O–H groups in total. The monoisotopic (exact) mass is 383 g/mol. The van der Waals surface area contributed by atoms with E-state index in [-0.39, 0.29) is 5.95 Å². The van der Waals surface area contributed by atoms with Gasteiger partial charge in [0.15, 0.2) is 0 Å². The Labute approximate surface area is 167 Å². The minimum Gasteiger partial charge on any atom is -0.368 e. The quantitative estimate of drug-likeness (QED) is 0.368. The van der Waals surface area contributed by atoms with Crippen LogP contribution in [0.25, 0.3) is 21.8 Å². The van der Waals surface area contributed by atoms with E-state index in [0.717, 1.165) is 33.5 Å². The summed E-state index contributed by atoms with van der Waals surface area (Å²) in [5.41, 5.74) is 12.5. The summed E-state index contributed by atoms with van der Waals surface area (Å²) in [7, 11) is 0. The van der Waals surface area contributed by atoms with Gasteiger partial charge in [-0.25, -0.2) is 4.98 Å². The maximum atomic E-state index is 5.85. The number of hydrogen-bond donors (Lipinski definition) is 4. The lowest BCUT2D eigenvalue weighted by atomic mass is 10.0. The van der Waals surface area contributed by atoms with Crippen LogP contribution in [-0.4, -0.2) is 25.1 Å². The number of nitrogen functional groups attached to an aromatic ring is 1. The zero-order valence-electron chi connectivity index (χ0n) is 16.0. The van der Waals surface area contributed by atoms with E-state index >= 15 is 0 Å². The van der Waals surface area contributed by atoms with Crippen LogP contribution >= 0.6 is 0 Å². The van der Waals surface area contributed by atoms with E-state index in [1.54, 1.807) is 6.20 Å². The number of rotatable bonds is 5. The molecule has 3 heterocycles. The molecule has 0 aliphatic heterocycles. The molecule has 0 amide bonds. The number of nitrogens with two attached hydrogens (primary N) is 1. The summed E-state index contributed by atoms with van der Waals surface area (Å²) in [6.07, 6.45) is 4.33.